The predicted octanol–water partition coefficient (Wildman–Crippen LogP) is 2.38. The van der Waals surface area contributed by atoms with Crippen LogP contribution < -0.4 is 5.32 Å². The number of hydrogen-bond acceptors (Lipinski definition) is 5. The molecule has 1 atom stereocenters. The standard InChI is InChI=1S/C19H24N4O3/c1-12-15(24)20-10-7-11-23(12)17(25)14-9-6-5-8-13(14)16-21-18(22-26-16)19(2,3)4/h5-6,8-9,12H,7,10-11H2,1-4H3,(H,20,24)/t12-/m1/s1. The summed E-state index contributed by atoms with van der Waals surface area (Å²) in [6.07, 6.45) is 0.721. The van der Waals surface area contributed by atoms with Gasteiger partial charge in [0.2, 0.25) is 5.91 Å². The molecule has 7 nitrogen and oxygen atoms in total. The number of hydrogen-bond donors (Lipinski definition) is 1. The second-order valence-electron chi connectivity index (χ2n) is 7.54. The van der Waals surface area contributed by atoms with E-state index >= 15 is 0 Å². The Morgan fingerprint density at radius 2 is 2.04 bits per heavy atom. The zero-order chi connectivity index (χ0) is 18.9. The number of aromatic nitrogens is 2. The molecule has 0 unspecified atom stereocenters. The maximum Gasteiger partial charge on any atom is 0.258 e. The van der Waals surface area contributed by atoms with Crippen molar-refractivity contribution in [2.24, 2.45) is 0 Å². The average molecular weight is 356 g/mol. The first kappa shape index (κ1) is 18.1. The van der Waals surface area contributed by atoms with Crippen molar-refractivity contribution in [1.82, 2.24) is 20.4 Å². The van der Waals surface area contributed by atoms with Crippen LogP contribution in [0.2, 0.25) is 0 Å². The monoisotopic (exact) mass is 356 g/mol. The third kappa shape index (κ3) is 3.47. The molecule has 1 fully saturated rings. The molecule has 2 amide bonds. The van der Waals surface area contributed by atoms with E-state index < -0.39 is 6.04 Å². The number of amides is 2. The molecule has 0 spiro atoms. The maximum atomic E-state index is 13.2. The lowest BCUT2D eigenvalue weighted by Crippen LogP contribution is -2.45. The molecule has 1 aliphatic rings. The Labute approximate surface area is 152 Å². The Morgan fingerprint density at radius 1 is 1.31 bits per heavy atom. The molecular formula is C19H24N4O3. The Morgan fingerprint density at radius 3 is 2.73 bits per heavy atom. The first-order valence-electron chi connectivity index (χ1n) is 8.81. The lowest BCUT2D eigenvalue weighted by molar-refractivity contribution is -0.124. The second kappa shape index (κ2) is 6.90. The highest BCUT2D eigenvalue weighted by Crippen LogP contribution is 2.27. The summed E-state index contributed by atoms with van der Waals surface area (Å²) in [5.41, 5.74) is 0.786. The summed E-state index contributed by atoms with van der Waals surface area (Å²) in [6.45, 7) is 8.82. The minimum atomic E-state index is -0.522. The van der Waals surface area contributed by atoms with Gasteiger partial charge in [-0.15, -0.1) is 0 Å². The molecule has 0 bridgehead atoms. The number of rotatable bonds is 2. The number of carbonyl (C=O) groups is 2. The minimum Gasteiger partial charge on any atom is -0.354 e. The number of carbonyl (C=O) groups excluding carboxylic acids is 2. The molecule has 1 aliphatic heterocycles. The van der Waals surface area contributed by atoms with Gasteiger partial charge in [-0.1, -0.05) is 38.1 Å². The van der Waals surface area contributed by atoms with Gasteiger partial charge in [-0.05, 0) is 25.5 Å². The molecule has 0 aliphatic carbocycles. The van der Waals surface area contributed by atoms with Crippen molar-refractivity contribution in [3.05, 3.63) is 35.7 Å². The molecule has 0 saturated carbocycles. The number of benzene rings is 1. The third-order valence-corrected chi connectivity index (χ3v) is 4.47. The molecule has 26 heavy (non-hydrogen) atoms. The van der Waals surface area contributed by atoms with Crippen molar-refractivity contribution in [2.75, 3.05) is 13.1 Å². The molecule has 2 heterocycles. The Hall–Kier alpha value is -2.70. The highest BCUT2D eigenvalue weighted by molar-refractivity contribution is 6.02. The Bertz CT molecular complexity index is 822. The quantitative estimate of drug-likeness (QED) is 0.892. The fourth-order valence-electron chi connectivity index (χ4n) is 2.87. The van der Waals surface area contributed by atoms with E-state index in [9.17, 15) is 9.59 Å². The van der Waals surface area contributed by atoms with Crippen molar-refractivity contribution in [2.45, 2.75) is 45.6 Å². The van der Waals surface area contributed by atoms with Gasteiger partial charge in [0.25, 0.3) is 11.8 Å². The molecule has 0 radical (unpaired) electrons. The van der Waals surface area contributed by atoms with Gasteiger partial charge in [-0.25, -0.2) is 0 Å². The lowest BCUT2D eigenvalue weighted by atomic mass is 9.96. The van der Waals surface area contributed by atoms with E-state index in [1.54, 1.807) is 30.0 Å². The average Bonchev–Trinajstić information content (AvgIpc) is 3.05. The topological polar surface area (TPSA) is 88.3 Å². The molecular weight excluding hydrogens is 332 g/mol. The van der Waals surface area contributed by atoms with Gasteiger partial charge in [0.05, 0.1) is 11.1 Å². The van der Waals surface area contributed by atoms with Crippen LogP contribution in [0.3, 0.4) is 0 Å². The lowest BCUT2D eigenvalue weighted by Gasteiger charge is -2.26. The van der Waals surface area contributed by atoms with Crippen LogP contribution in [-0.2, 0) is 10.2 Å². The summed E-state index contributed by atoms with van der Waals surface area (Å²) in [5.74, 6) is 0.546. The zero-order valence-corrected chi connectivity index (χ0v) is 15.6. The first-order valence-corrected chi connectivity index (χ1v) is 8.81. The van der Waals surface area contributed by atoms with Gasteiger partial charge in [-0.3, -0.25) is 9.59 Å². The van der Waals surface area contributed by atoms with Crippen LogP contribution in [0.25, 0.3) is 11.5 Å². The second-order valence-corrected chi connectivity index (χ2v) is 7.54. The van der Waals surface area contributed by atoms with Gasteiger partial charge in [0, 0.05) is 18.5 Å². The third-order valence-electron chi connectivity index (χ3n) is 4.47. The molecule has 1 aromatic heterocycles. The van der Waals surface area contributed by atoms with E-state index in [2.05, 4.69) is 15.5 Å². The molecule has 138 valence electrons. The van der Waals surface area contributed by atoms with Crippen molar-refractivity contribution in [3.63, 3.8) is 0 Å². The summed E-state index contributed by atoms with van der Waals surface area (Å²) in [4.78, 5) is 31.3. The fraction of sp³-hybridized carbons (Fsp3) is 0.474. The van der Waals surface area contributed by atoms with Crippen molar-refractivity contribution < 1.29 is 14.1 Å². The SMILES string of the molecule is C[C@@H]1C(=O)NCCCN1C(=O)c1ccccc1-c1nc(C(C)(C)C)no1. The molecule has 3 rings (SSSR count). The summed E-state index contributed by atoms with van der Waals surface area (Å²) in [6, 6.07) is 6.61. The first-order chi connectivity index (χ1) is 12.3. The van der Waals surface area contributed by atoms with Crippen LogP contribution in [0.15, 0.2) is 28.8 Å². The van der Waals surface area contributed by atoms with Crippen molar-refractivity contribution in [1.29, 1.82) is 0 Å². The normalized spacial score (nSPS) is 18.4. The van der Waals surface area contributed by atoms with Crippen molar-refractivity contribution >= 4 is 11.8 Å². The highest BCUT2D eigenvalue weighted by atomic mass is 16.5. The summed E-state index contributed by atoms with van der Waals surface area (Å²) in [7, 11) is 0. The van der Waals surface area contributed by atoms with Crippen LogP contribution in [0, 0.1) is 0 Å². The summed E-state index contributed by atoms with van der Waals surface area (Å²) in [5, 5.41) is 6.87. The molecule has 1 N–H and O–H groups in total. The van der Waals surface area contributed by atoms with Crippen molar-refractivity contribution in [3.8, 4) is 11.5 Å². The predicted molar refractivity (Wildman–Crippen MR) is 96.6 cm³/mol. The largest absolute Gasteiger partial charge is 0.354 e. The van der Waals surface area contributed by atoms with Gasteiger partial charge in [0.1, 0.15) is 6.04 Å². The summed E-state index contributed by atoms with van der Waals surface area (Å²) < 4.78 is 5.42. The van der Waals surface area contributed by atoms with Crippen LogP contribution in [0.5, 0.6) is 0 Å². The van der Waals surface area contributed by atoms with E-state index in [0.717, 1.165) is 6.42 Å². The molecule has 7 heteroatoms. The zero-order valence-electron chi connectivity index (χ0n) is 15.6. The van der Waals surface area contributed by atoms with E-state index in [1.807, 2.05) is 26.8 Å². The number of nitrogens with zero attached hydrogens (tertiary/aromatic N) is 3. The van der Waals surface area contributed by atoms with E-state index in [4.69, 9.17) is 4.52 Å². The Kier molecular flexibility index (Phi) is 4.80. The molecule has 1 saturated heterocycles. The molecule has 2 aromatic rings. The number of nitrogens with one attached hydrogen (secondary N) is 1. The van der Waals surface area contributed by atoms with Crippen LogP contribution in [-0.4, -0.2) is 46.0 Å². The van der Waals surface area contributed by atoms with Gasteiger partial charge < -0.3 is 14.7 Å². The van der Waals surface area contributed by atoms with Gasteiger partial charge in [-0.2, -0.15) is 4.98 Å². The van der Waals surface area contributed by atoms with E-state index in [0.29, 0.717) is 35.9 Å². The fourth-order valence-corrected chi connectivity index (χ4v) is 2.87. The smallest absolute Gasteiger partial charge is 0.258 e. The summed E-state index contributed by atoms with van der Waals surface area (Å²) >= 11 is 0. The van der Waals surface area contributed by atoms with E-state index in [-0.39, 0.29) is 17.2 Å². The minimum absolute atomic E-state index is 0.138. The highest BCUT2D eigenvalue weighted by Gasteiger charge is 2.31. The van der Waals surface area contributed by atoms with Gasteiger partial charge >= 0.3 is 0 Å². The van der Waals surface area contributed by atoms with E-state index in [1.165, 1.54) is 0 Å². The van der Waals surface area contributed by atoms with Crippen LogP contribution >= 0.6 is 0 Å². The van der Waals surface area contributed by atoms with Gasteiger partial charge in [0.15, 0.2) is 5.82 Å². The molecule has 1 aromatic carbocycles. The van der Waals surface area contributed by atoms with Crippen LogP contribution in [0.1, 0.15) is 50.3 Å². The van der Waals surface area contributed by atoms with Crippen LogP contribution in [0.4, 0.5) is 0 Å². The Balaban J connectivity index is 1.98. The maximum absolute atomic E-state index is 13.2.